The van der Waals surface area contributed by atoms with Crippen LogP contribution >= 0.6 is 0 Å². The van der Waals surface area contributed by atoms with Gasteiger partial charge in [0.15, 0.2) is 12.6 Å². The second-order valence-electron chi connectivity index (χ2n) is 16.5. The largest absolute Gasteiger partial charge is 0.459 e. The predicted octanol–water partition coefficient (Wildman–Crippen LogP) is 1.79. The van der Waals surface area contributed by atoms with Gasteiger partial charge in [0, 0.05) is 37.3 Å². The summed E-state index contributed by atoms with van der Waals surface area (Å²) in [4.78, 5) is 29.8. The first kappa shape index (κ1) is 44.1. The average Bonchev–Trinajstić information content (AvgIpc) is 3.05. The van der Waals surface area contributed by atoms with E-state index in [2.05, 4.69) is 0 Å². The summed E-state index contributed by atoms with van der Waals surface area (Å²) in [5, 5.41) is 57.6. The van der Waals surface area contributed by atoms with Gasteiger partial charge in [0.05, 0.1) is 47.6 Å². The number of aliphatic hydroxyl groups is 5. The van der Waals surface area contributed by atoms with Crippen LogP contribution in [0.3, 0.4) is 0 Å². The number of rotatable bonds is 7. The Balaban J connectivity index is 2.18. The van der Waals surface area contributed by atoms with E-state index in [0.717, 1.165) is 0 Å². The summed E-state index contributed by atoms with van der Waals surface area (Å²) < 4.78 is 37.1. The number of esters is 1. The number of carbonyl (C=O) groups excluding carboxylic acids is 2. The van der Waals surface area contributed by atoms with Gasteiger partial charge in [-0.05, 0) is 74.9 Å². The van der Waals surface area contributed by atoms with Crippen LogP contribution in [0.1, 0.15) is 94.9 Å². The van der Waals surface area contributed by atoms with E-state index < -0.39 is 108 Å². The molecule has 298 valence electrons. The molecule has 3 saturated heterocycles. The third-order valence-electron chi connectivity index (χ3n) is 11.8. The lowest BCUT2D eigenvalue weighted by molar-refractivity contribution is -0.318. The minimum Gasteiger partial charge on any atom is -0.459 e. The molecule has 0 aliphatic carbocycles. The van der Waals surface area contributed by atoms with E-state index in [-0.39, 0.29) is 31.4 Å². The summed E-state index contributed by atoms with van der Waals surface area (Å²) in [5.74, 6) is -4.98. The Morgan fingerprint density at radius 1 is 0.882 bits per heavy atom. The molecule has 3 heterocycles. The molecule has 0 aromatic carbocycles. The summed E-state index contributed by atoms with van der Waals surface area (Å²) in [6.07, 6.45) is -9.71. The number of hydrogen-bond donors (Lipinski definition) is 5. The van der Waals surface area contributed by atoms with Crippen LogP contribution in [0.2, 0.25) is 0 Å². The highest BCUT2D eigenvalue weighted by Gasteiger charge is 2.53. The van der Waals surface area contributed by atoms with Crippen LogP contribution in [0.15, 0.2) is 0 Å². The fourth-order valence-electron chi connectivity index (χ4n) is 8.41. The highest BCUT2D eigenvalue weighted by atomic mass is 16.7. The number of ketones is 1. The second kappa shape index (κ2) is 17.0. The molecule has 3 fully saturated rings. The lowest BCUT2D eigenvalue weighted by Gasteiger charge is -2.49. The van der Waals surface area contributed by atoms with Crippen molar-refractivity contribution in [3.8, 4) is 0 Å². The summed E-state index contributed by atoms with van der Waals surface area (Å²) in [6, 6.07) is -0.324. The van der Waals surface area contributed by atoms with Gasteiger partial charge in [0.25, 0.3) is 0 Å². The molecule has 18 atom stereocenters. The zero-order valence-corrected chi connectivity index (χ0v) is 32.9. The molecule has 5 N–H and O–H groups in total. The van der Waals surface area contributed by atoms with Gasteiger partial charge in [-0.1, -0.05) is 27.7 Å². The normalized spacial score (nSPS) is 49.7. The predicted molar refractivity (Wildman–Crippen MR) is 186 cm³/mol. The SMILES string of the molecule is CC[C@H]1OC(=O)[C@@H](C)[C@@H](O[C@@H]2C[C@](C)(OC)[C@@H](O)[C@H](C)O2)[C@H](C)[C@H](O[C@@H]2O[C@@H](C)C[C@@H](N(C)C)[C@@H]2O)[C@](C)(O)C[C@@H](C)C(=O)[C@H](C)[C@H](O)[C@]1(C)O. The fraction of sp³-hybridized carbons (Fsp3) is 0.946. The maximum atomic E-state index is 14.1. The van der Waals surface area contributed by atoms with Crippen LogP contribution in [-0.2, 0) is 38.0 Å². The van der Waals surface area contributed by atoms with E-state index in [9.17, 15) is 35.1 Å². The summed E-state index contributed by atoms with van der Waals surface area (Å²) in [6.45, 7) is 16.3. The van der Waals surface area contributed by atoms with Gasteiger partial charge in [-0.2, -0.15) is 0 Å². The molecule has 51 heavy (non-hydrogen) atoms. The Morgan fingerprint density at radius 2 is 1.49 bits per heavy atom. The van der Waals surface area contributed by atoms with Gasteiger partial charge in [-0.15, -0.1) is 0 Å². The first-order valence-corrected chi connectivity index (χ1v) is 18.5. The van der Waals surface area contributed by atoms with Crippen LogP contribution in [0.25, 0.3) is 0 Å². The van der Waals surface area contributed by atoms with Crippen molar-refractivity contribution in [1.29, 1.82) is 0 Å². The first-order valence-electron chi connectivity index (χ1n) is 18.5. The highest BCUT2D eigenvalue weighted by molar-refractivity contribution is 5.83. The average molecular weight is 734 g/mol. The zero-order chi connectivity index (χ0) is 39.0. The van der Waals surface area contributed by atoms with Gasteiger partial charge in [-0.25, -0.2) is 0 Å². The molecule has 14 nitrogen and oxygen atoms in total. The van der Waals surface area contributed by atoms with Crippen molar-refractivity contribution >= 4 is 11.8 Å². The molecule has 0 aromatic heterocycles. The van der Waals surface area contributed by atoms with Crippen LogP contribution in [-0.4, -0.2) is 148 Å². The number of hydrogen-bond acceptors (Lipinski definition) is 14. The molecule has 0 unspecified atom stereocenters. The number of Topliss-reactive ketones (excluding diaryl/α,β-unsaturated/α-hetero) is 1. The molecule has 0 saturated carbocycles. The molecule has 0 amide bonds. The van der Waals surface area contributed by atoms with Crippen LogP contribution in [0.5, 0.6) is 0 Å². The van der Waals surface area contributed by atoms with Crippen LogP contribution in [0, 0.1) is 23.7 Å². The van der Waals surface area contributed by atoms with Crippen LogP contribution in [0.4, 0.5) is 0 Å². The van der Waals surface area contributed by atoms with Crippen molar-refractivity contribution in [3.05, 3.63) is 0 Å². The van der Waals surface area contributed by atoms with Crippen LogP contribution < -0.4 is 0 Å². The number of methoxy groups -OCH3 is 1. The van der Waals surface area contributed by atoms with Crippen molar-refractivity contribution in [3.63, 3.8) is 0 Å². The van der Waals surface area contributed by atoms with Gasteiger partial charge in [-0.3, -0.25) is 9.59 Å². The quantitative estimate of drug-likeness (QED) is 0.238. The van der Waals surface area contributed by atoms with E-state index in [1.165, 1.54) is 27.9 Å². The number of likely N-dealkylation sites (N-methyl/N-ethyl adjacent to an activating group) is 1. The maximum Gasteiger partial charge on any atom is 0.311 e. The number of ether oxygens (including phenoxy) is 6. The maximum absolute atomic E-state index is 14.1. The van der Waals surface area contributed by atoms with Crippen molar-refractivity contribution in [2.24, 2.45) is 23.7 Å². The minimum absolute atomic E-state index is 0.0936. The topological polar surface area (TPSA) is 194 Å². The summed E-state index contributed by atoms with van der Waals surface area (Å²) in [5.41, 5.74) is -4.84. The van der Waals surface area contributed by atoms with Gasteiger partial charge >= 0.3 is 5.97 Å². The van der Waals surface area contributed by atoms with Crippen molar-refractivity contribution < 1.29 is 63.5 Å². The van der Waals surface area contributed by atoms with E-state index in [1.54, 1.807) is 41.5 Å². The van der Waals surface area contributed by atoms with E-state index in [0.29, 0.717) is 6.42 Å². The lowest BCUT2D eigenvalue weighted by Crippen LogP contribution is -2.61. The minimum atomic E-state index is -1.99. The van der Waals surface area contributed by atoms with Gasteiger partial charge in [0.2, 0.25) is 0 Å². The van der Waals surface area contributed by atoms with Crippen molar-refractivity contribution in [2.75, 3.05) is 21.2 Å². The molecule has 14 heteroatoms. The monoisotopic (exact) mass is 733 g/mol. The number of nitrogens with zero attached hydrogens (tertiary/aromatic N) is 1. The first-order chi connectivity index (χ1) is 23.4. The van der Waals surface area contributed by atoms with E-state index in [1.807, 2.05) is 25.9 Å². The molecule has 0 spiro atoms. The summed E-state index contributed by atoms with van der Waals surface area (Å²) in [7, 11) is 5.18. The second-order valence-corrected chi connectivity index (χ2v) is 16.5. The van der Waals surface area contributed by atoms with E-state index in [4.69, 9.17) is 28.4 Å². The van der Waals surface area contributed by atoms with Gasteiger partial charge < -0.3 is 58.9 Å². The molecular formula is C37H67NO13. The molecule has 0 aromatic rings. The Morgan fingerprint density at radius 3 is 2.04 bits per heavy atom. The zero-order valence-electron chi connectivity index (χ0n) is 32.9. The number of cyclic esters (lactones) is 1. The van der Waals surface area contributed by atoms with Crippen molar-refractivity contribution in [1.82, 2.24) is 4.90 Å². The molecule has 3 rings (SSSR count). The highest BCUT2D eigenvalue weighted by Crippen LogP contribution is 2.40. The Labute approximate surface area is 304 Å². The van der Waals surface area contributed by atoms with Crippen molar-refractivity contribution in [2.45, 2.75) is 179 Å². The van der Waals surface area contributed by atoms with Gasteiger partial charge in [0.1, 0.15) is 29.7 Å². The Kier molecular flexibility index (Phi) is 14.7. The Hall–Kier alpha value is -1.30. The number of carbonyl (C=O) groups is 2. The molecule has 3 aliphatic rings. The third-order valence-corrected chi connectivity index (χ3v) is 11.8. The Bertz CT molecular complexity index is 1170. The molecule has 0 radical (unpaired) electrons. The molecule has 3 aliphatic heterocycles. The standard InChI is InChI=1S/C37H67NO13/c1-14-25-37(10,45)30(41)20(4)27(39)18(2)16-35(8,44)32(51-34-28(40)24(38(11)12)15-19(3)47-34)21(5)29(22(6)33(43)49-25)50-26-17-36(9,46-13)31(42)23(7)48-26/h18-26,28-32,34,40-42,44-45H,14-17H2,1-13H3/t18-,19+,20+,21+,22+,23+,24-,25-,26-,28+,29+,30+,31+,32+,34+,35-,36+,37-/m1/s1. The molecular weight excluding hydrogens is 666 g/mol. The summed E-state index contributed by atoms with van der Waals surface area (Å²) >= 11 is 0. The molecule has 0 bridgehead atoms. The lowest BCUT2D eigenvalue weighted by atomic mass is 9.74. The van der Waals surface area contributed by atoms with E-state index >= 15 is 0 Å². The number of aliphatic hydroxyl groups excluding tert-OH is 3. The fourth-order valence-corrected chi connectivity index (χ4v) is 8.41. The smallest absolute Gasteiger partial charge is 0.311 e. The third kappa shape index (κ3) is 9.51.